The number of aryl methyl sites for hydroxylation is 1. The molecule has 4 rings (SSSR count). The number of rotatable bonds is 4. The summed E-state index contributed by atoms with van der Waals surface area (Å²) in [6, 6.07) is 4.59. The molecule has 0 aliphatic carbocycles. The molecule has 10 nitrogen and oxygen atoms in total. The first-order valence-electron chi connectivity index (χ1n) is 9.24. The molecular formula is C19H13ClF3N9O. The van der Waals surface area contributed by atoms with Crippen LogP contribution in [0.2, 0.25) is 5.15 Å². The highest BCUT2D eigenvalue weighted by Gasteiger charge is 2.41. The van der Waals surface area contributed by atoms with Gasteiger partial charge in [0.15, 0.2) is 11.5 Å². The lowest BCUT2D eigenvalue weighted by Gasteiger charge is -2.19. The molecule has 3 aromatic rings. The van der Waals surface area contributed by atoms with Crippen molar-refractivity contribution in [3.63, 3.8) is 0 Å². The summed E-state index contributed by atoms with van der Waals surface area (Å²) in [5, 5.41) is 26.4. The molecule has 0 saturated carbocycles. The van der Waals surface area contributed by atoms with Crippen molar-refractivity contribution in [3.05, 3.63) is 70.2 Å². The maximum atomic E-state index is 13.9. The third-order valence-corrected chi connectivity index (χ3v) is 4.78. The van der Waals surface area contributed by atoms with Crippen molar-refractivity contribution in [1.29, 1.82) is 5.26 Å². The SMILES string of the molecule is Cc1nc(Cl)ccc1-n1ncc(C(=O)NC2=CC(C#N)=C(n3nccn3)NC2)c1C(F)(F)F. The van der Waals surface area contributed by atoms with E-state index in [1.165, 1.54) is 42.3 Å². The number of halogens is 4. The Hall–Kier alpha value is -4.18. The maximum Gasteiger partial charge on any atom is 0.434 e. The monoisotopic (exact) mass is 475 g/mol. The van der Waals surface area contributed by atoms with Gasteiger partial charge in [-0.3, -0.25) is 4.79 Å². The van der Waals surface area contributed by atoms with E-state index in [1.807, 2.05) is 6.07 Å². The van der Waals surface area contributed by atoms with Crippen LogP contribution in [0.1, 0.15) is 21.7 Å². The van der Waals surface area contributed by atoms with Crippen LogP contribution in [0.4, 0.5) is 13.2 Å². The lowest BCUT2D eigenvalue weighted by Crippen LogP contribution is -2.34. The van der Waals surface area contributed by atoms with Gasteiger partial charge in [-0.2, -0.15) is 33.7 Å². The van der Waals surface area contributed by atoms with Gasteiger partial charge in [0.2, 0.25) is 0 Å². The van der Waals surface area contributed by atoms with Gasteiger partial charge >= 0.3 is 6.18 Å². The molecule has 0 atom stereocenters. The molecule has 0 aromatic carbocycles. The number of nitrogens with one attached hydrogen (secondary N) is 2. The zero-order valence-corrected chi connectivity index (χ0v) is 17.5. The fraction of sp³-hybridized carbons (Fsp3) is 0.158. The molecule has 33 heavy (non-hydrogen) atoms. The predicted octanol–water partition coefficient (Wildman–Crippen LogP) is 2.45. The Bertz CT molecular complexity index is 1330. The first-order valence-corrected chi connectivity index (χ1v) is 9.62. The Morgan fingerprint density at radius 1 is 1.27 bits per heavy atom. The molecule has 0 unspecified atom stereocenters. The highest BCUT2D eigenvalue weighted by molar-refractivity contribution is 6.29. The van der Waals surface area contributed by atoms with E-state index in [1.54, 1.807) is 0 Å². The van der Waals surface area contributed by atoms with Gasteiger partial charge in [0, 0.05) is 5.70 Å². The van der Waals surface area contributed by atoms with Gasteiger partial charge in [0.1, 0.15) is 11.2 Å². The number of hydrogen-bond donors (Lipinski definition) is 2. The number of alkyl halides is 3. The fourth-order valence-electron chi connectivity index (χ4n) is 3.17. The number of amides is 1. The van der Waals surface area contributed by atoms with Crippen molar-refractivity contribution in [2.75, 3.05) is 6.54 Å². The number of nitriles is 1. The minimum atomic E-state index is -4.90. The largest absolute Gasteiger partial charge is 0.434 e. The molecule has 168 valence electrons. The Kier molecular flexibility index (Phi) is 5.60. The smallest absolute Gasteiger partial charge is 0.362 e. The molecule has 14 heteroatoms. The summed E-state index contributed by atoms with van der Waals surface area (Å²) in [7, 11) is 0. The summed E-state index contributed by atoms with van der Waals surface area (Å²) in [5.74, 6) is -0.769. The van der Waals surface area contributed by atoms with E-state index in [-0.39, 0.29) is 40.2 Å². The molecule has 3 aromatic heterocycles. The highest BCUT2D eigenvalue weighted by Crippen LogP contribution is 2.34. The zero-order valence-electron chi connectivity index (χ0n) is 16.7. The Balaban J connectivity index is 1.68. The second kappa shape index (κ2) is 8.40. The topological polar surface area (TPSA) is 126 Å². The second-order valence-corrected chi connectivity index (χ2v) is 7.11. The number of aromatic nitrogens is 6. The van der Waals surface area contributed by atoms with Gasteiger partial charge in [0.25, 0.3) is 5.91 Å². The first kappa shape index (κ1) is 22.0. The van der Waals surface area contributed by atoms with E-state index in [0.717, 1.165) is 6.20 Å². The van der Waals surface area contributed by atoms with Crippen LogP contribution in [0.15, 0.2) is 48.1 Å². The number of pyridine rings is 1. The number of nitrogens with zero attached hydrogens (tertiary/aromatic N) is 7. The van der Waals surface area contributed by atoms with E-state index in [2.05, 4.69) is 30.9 Å². The minimum Gasteiger partial charge on any atom is -0.362 e. The van der Waals surface area contributed by atoms with E-state index in [0.29, 0.717) is 4.68 Å². The van der Waals surface area contributed by atoms with Gasteiger partial charge < -0.3 is 10.6 Å². The third-order valence-electron chi connectivity index (χ3n) is 4.57. The first-order chi connectivity index (χ1) is 15.7. The van der Waals surface area contributed by atoms with Gasteiger partial charge in [-0.25, -0.2) is 9.67 Å². The van der Waals surface area contributed by atoms with Gasteiger partial charge in [-0.1, -0.05) is 11.6 Å². The summed E-state index contributed by atoms with van der Waals surface area (Å²) >= 11 is 5.79. The van der Waals surface area contributed by atoms with Gasteiger partial charge in [-0.05, 0) is 25.1 Å². The normalized spacial score (nSPS) is 13.9. The Morgan fingerprint density at radius 3 is 2.64 bits per heavy atom. The average molecular weight is 476 g/mol. The van der Waals surface area contributed by atoms with Crippen molar-refractivity contribution in [2.24, 2.45) is 0 Å². The Morgan fingerprint density at radius 2 is 2.00 bits per heavy atom. The number of hydrogen-bond acceptors (Lipinski definition) is 7. The zero-order chi connectivity index (χ0) is 23.8. The standard InChI is InChI=1S/C19H13ClF3N9O/c1-10-14(2-3-15(20)29-10)31-16(19(21,22)23)13(9-28-31)18(33)30-12-6-11(7-24)17(25-8-12)32-26-4-5-27-32/h2-6,9,25H,8H2,1H3,(H,30,33). The predicted molar refractivity (Wildman–Crippen MR) is 109 cm³/mol. The van der Waals surface area contributed by atoms with Crippen molar-refractivity contribution < 1.29 is 18.0 Å². The molecule has 0 fully saturated rings. The van der Waals surface area contributed by atoms with Crippen molar-refractivity contribution >= 4 is 23.3 Å². The van der Waals surface area contributed by atoms with Crippen LogP contribution in [0, 0.1) is 18.3 Å². The van der Waals surface area contributed by atoms with Crippen LogP contribution in [0.25, 0.3) is 11.5 Å². The van der Waals surface area contributed by atoms with Crippen LogP contribution in [0.5, 0.6) is 0 Å². The number of carbonyl (C=O) groups is 1. The number of allylic oxidation sites excluding steroid dienone is 2. The summed E-state index contributed by atoms with van der Waals surface area (Å²) in [6.45, 7) is 1.49. The molecule has 0 spiro atoms. The van der Waals surface area contributed by atoms with Crippen LogP contribution in [-0.2, 0) is 6.18 Å². The summed E-state index contributed by atoms with van der Waals surface area (Å²) in [5.41, 5.74) is -1.48. The molecule has 1 aliphatic rings. The Labute approximate surface area is 189 Å². The molecule has 1 aliphatic heterocycles. The van der Waals surface area contributed by atoms with Crippen molar-refractivity contribution in [2.45, 2.75) is 13.1 Å². The van der Waals surface area contributed by atoms with E-state index in [4.69, 9.17) is 11.6 Å². The van der Waals surface area contributed by atoms with Gasteiger partial charge in [0.05, 0.1) is 47.7 Å². The summed E-state index contributed by atoms with van der Waals surface area (Å²) < 4.78 is 42.4. The van der Waals surface area contributed by atoms with Gasteiger partial charge in [-0.15, -0.1) is 4.80 Å². The number of carbonyl (C=O) groups excluding carboxylic acids is 1. The maximum absolute atomic E-state index is 13.9. The lowest BCUT2D eigenvalue weighted by atomic mass is 10.1. The third kappa shape index (κ3) is 4.28. The molecule has 0 radical (unpaired) electrons. The molecule has 2 N–H and O–H groups in total. The van der Waals surface area contributed by atoms with E-state index in [9.17, 15) is 23.2 Å². The van der Waals surface area contributed by atoms with Crippen LogP contribution >= 0.6 is 11.6 Å². The van der Waals surface area contributed by atoms with Crippen LogP contribution < -0.4 is 10.6 Å². The highest BCUT2D eigenvalue weighted by atomic mass is 35.5. The van der Waals surface area contributed by atoms with Crippen molar-refractivity contribution in [1.82, 2.24) is 40.4 Å². The quantitative estimate of drug-likeness (QED) is 0.555. The second-order valence-electron chi connectivity index (χ2n) is 6.72. The molecule has 0 saturated heterocycles. The molecule has 0 bridgehead atoms. The minimum absolute atomic E-state index is 0.0174. The molecular weight excluding hydrogens is 463 g/mol. The molecule has 1 amide bonds. The number of dihydropyridines is 1. The average Bonchev–Trinajstić information content (AvgIpc) is 3.43. The van der Waals surface area contributed by atoms with Crippen molar-refractivity contribution in [3.8, 4) is 11.8 Å². The van der Waals surface area contributed by atoms with E-state index >= 15 is 0 Å². The molecule has 4 heterocycles. The van der Waals surface area contributed by atoms with E-state index < -0.39 is 23.3 Å². The fourth-order valence-corrected chi connectivity index (χ4v) is 3.36. The summed E-state index contributed by atoms with van der Waals surface area (Å²) in [4.78, 5) is 17.9. The lowest BCUT2D eigenvalue weighted by molar-refractivity contribution is -0.143. The summed E-state index contributed by atoms with van der Waals surface area (Å²) in [6.07, 6.45) is 0.0874. The van der Waals surface area contributed by atoms with Crippen LogP contribution in [-0.4, -0.2) is 42.2 Å². The van der Waals surface area contributed by atoms with Crippen LogP contribution in [0.3, 0.4) is 0 Å².